The van der Waals surface area contributed by atoms with Crippen molar-refractivity contribution in [2.45, 2.75) is 13.8 Å². The maximum atomic E-state index is 5.55. The lowest BCUT2D eigenvalue weighted by molar-refractivity contribution is 0.576. The summed E-state index contributed by atoms with van der Waals surface area (Å²) in [5.41, 5.74) is 1.66. The average molecular weight is 200 g/mol. The van der Waals surface area contributed by atoms with Crippen LogP contribution in [0.25, 0.3) is 23.6 Å². The molecule has 0 aliphatic heterocycles. The molecule has 0 unspecified atom stereocenters. The Morgan fingerprint density at radius 3 is 2.47 bits per heavy atom. The molecule has 0 saturated heterocycles. The van der Waals surface area contributed by atoms with Gasteiger partial charge in [0.15, 0.2) is 0 Å². The fourth-order valence-corrected chi connectivity index (χ4v) is 1.36. The molecule has 0 N–H and O–H groups in total. The molecule has 0 spiro atoms. The van der Waals surface area contributed by atoms with Crippen molar-refractivity contribution >= 4 is 23.6 Å². The minimum absolute atomic E-state index is 0.788. The molecule has 0 aliphatic carbocycles. The van der Waals surface area contributed by atoms with Gasteiger partial charge in [0.2, 0.25) is 0 Å². The molecule has 1 aromatic carbocycles. The number of furan rings is 1. The third kappa shape index (κ3) is 2.18. The predicted molar refractivity (Wildman–Crippen MR) is 67.0 cm³/mol. The monoisotopic (exact) mass is 200 g/mol. The predicted octanol–water partition coefficient (Wildman–Crippen LogP) is 2.84. The van der Waals surface area contributed by atoms with Gasteiger partial charge in [0.25, 0.3) is 0 Å². The summed E-state index contributed by atoms with van der Waals surface area (Å²) in [5, 5.41) is 1.99. The van der Waals surface area contributed by atoms with E-state index < -0.39 is 0 Å². The summed E-state index contributed by atoms with van der Waals surface area (Å²) < 4.78 is 5.55. The molecular weight excluding hydrogens is 184 g/mol. The molecule has 0 atom stereocenters. The zero-order valence-electron chi connectivity index (χ0n) is 9.29. The van der Waals surface area contributed by atoms with Crippen LogP contribution in [0.2, 0.25) is 0 Å². The summed E-state index contributed by atoms with van der Waals surface area (Å²) >= 11 is 0. The van der Waals surface area contributed by atoms with Crippen molar-refractivity contribution in [3.63, 3.8) is 0 Å². The van der Waals surface area contributed by atoms with E-state index >= 15 is 0 Å². The maximum Gasteiger partial charge on any atom is 0.135 e. The molecule has 0 amide bonds. The highest BCUT2D eigenvalue weighted by atomic mass is 16.3. The van der Waals surface area contributed by atoms with E-state index in [4.69, 9.17) is 4.42 Å². The maximum absolute atomic E-state index is 5.55. The smallest absolute Gasteiger partial charge is 0.135 e. The molecule has 0 saturated carbocycles. The van der Waals surface area contributed by atoms with Crippen LogP contribution in [0.1, 0.15) is 13.8 Å². The molecule has 1 heteroatoms. The van der Waals surface area contributed by atoms with E-state index in [9.17, 15) is 0 Å². The normalized spacial score (nSPS) is 10.9. The summed E-state index contributed by atoms with van der Waals surface area (Å²) in [5.74, 6) is 0. The van der Waals surface area contributed by atoms with Gasteiger partial charge < -0.3 is 4.42 Å². The molecule has 2 rings (SSSR count). The van der Waals surface area contributed by atoms with Gasteiger partial charge in [-0.2, -0.15) is 0 Å². The summed E-state index contributed by atoms with van der Waals surface area (Å²) in [7, 11) is 0. The average Bonchev–Trinajstić information content (AvgIpc) is 2.60. The molecule has 1 heterocycles. The van der Waals surface area contributed by atoms with Crippen LogP contribution in [0.3, 0.4) is 0 Å². The van der Waals surface area contributed by atoms with Crippen molar-refractivity contribution in [1.29, 1.82) is 0 Å². The van der Waals surface area contributed by atoms with Gasteiger partial charge in [0.05, 0.1) is 0 Å². The molecule has 1 aromatic heterocycles. The Morgan fingerprint density at radius 2 is 1.87 bits per heavy atom. The van der Waals surface area contributed by atoms with Crippen molar-refractivity contribution in [3.8, 4) is 0 Å². The highest BCUT2D eigenvalue weighted by Gasteiger charge is 1.97. The van der Waals surface area contributed by atoms with Crippen LogP contribution in [0.4, 0.5) is 0 Å². The van der Waals surface area contributed by atoms with Crippen LogP contribution in [0.5, 0.6) is 0 Å². The SMILES string of the molecule is C=C/C=c1/oc2ccccc2c1=C.CC. The lowest BCUT2D eigenvalue weighted by Crippen LogP contribution is -2.17. The van der Waals surface area contributed by atoms with Gasteiger partial charge in [-0.05, 0) is 12.1 Å². The third-order valence-electron chi connectivity index (χ3n) is 2.00. The van der Waals surface area contributed by atoms with Gasteiger partial charge in [0, 0.05) is 10.6 Å². The Kier molecular flexibility index (Phi) is 3.92. The first kappa shape index (κ1) is 11.3. The lowest BCUT2D eigenvalue weighted by atomic mass is 10.2. The third-order valence-corrected chi connectivity index (χ3v) is 2.00. The fraction of sp³-hybridized carbons (Fsp3) is 0.143. The minimum Gasteiger partial charge on any atom is -0.456 e. The van der Waals surface area contributed by atoms with Crippen LogP contribution >= 0.6 is 0 Å². The van der Waals surface area contributed by atoms with Crippen LogP contribution in [0.15, 0.2) is 41.3 Å². The number of hydrogen-bond acceptors (Lipinski definition) is 1. The molecule has 0 bridgehead atoms. The number of rotatable bonds is 1. The van der Waals surface area contributed by atoms with Crippen molar-refractivity contribution in [3.05, 3.63) is 47.6 Å². The number of benzene rings is 1. The van der Waals surface area contributed by atoms with Crippen LogP contribution in [-0.4, -0.2) is 0 Å². The second-order valence-corrected chi connectivity index (χ2v) is 2.84. The van der Waals surface area contributed by atoms with Crippen molar-refractivity contribution < 1.29 is 4.42 Å². The van der Waals surface area contributed by atoms with Gasteiger partial charge >= 0.3 is 0 Å². The first-order valence-corrected chi connectivity index (χ1v) is 5.12. The summed E-state index contributed by atoms with van der Waals surface area (Å²) in [6, 6.07) is 7.86. The Hall–Kier alpha value is -1.76. The van der Waals surface area contributed by atoms with E-state index in [1.54, 1.807) is 6.08 Å². The summed E-state index contributed by atoms with van der Waals surface area (Å²) in [4.78, 5) is 0. The molecule has 2 aromatic rings. The molecule has 15 heavy (non-hydrogen) atoms. The Bertz CT molecular complexity index is 546. The quantitative estimate of drug-likeness (QED) is 0.690. The standard InChI is InChI=1S/C12H10O.C2H6/c1-3-6-11-9(2)10-7-4-5-8-12(10)13-11;1-2/h3-8H,1-2H2;1-2H3/b11-6+;. The van der Waals surface area contributed by atoms with Crippen LogP contribution in [0, 0.1) is 0 Å². The fourth-order valence-electron chi connectivity index (χ4n) is 1.36. The van der Waals surface area contributed by atoms with E-state index in [0.717, 1.165) is 21.6 Å². The summed E-state index contributed by atoms with van der Waals surface area (Å²) in [6.45, 7) is 11.6. The van der Waals surface area contributed by atoms with Gasteiger partial charge in [-0.1, -0.05) is 51.3 Å². The van der Waals surface area contributed by atoms with Crippen molar-refractivity contribution in [1.82, 2.24) is 0 Å². The van der Waals surface area contributed by atoms with Crippen LogP contribution < -0.4 is 10.6 Å². The molecule has 0 aliphatic rings. The zero-order valence-corrected chi connectivity index (χ0v) is 9.29. The zero-order chi connectivity index (χ0) is 11.3. The molecule has 0 fully saturated rings. The minimum atomic E-state index is 0.788. The Labute approximate surface area is 90.0 Å². The van der Waals surface area contributed by atoms with E-state index in [1.165, 1.54) is 0 Å². The van der Waals surface area contributed by atoms with Crippen molar-refractivity contribution in [2.75, 3.05) is 0 Å². The Balaban J connectivity index is 0.000000531. The number of para-hydroxylation sites is 1. The second kappa shape index (κ2) is 5.20. The van der Waals surface area contributed by atoms with E-state index in [1.807, 2.05) is 44.2 Å². The highest BCUT2D eigenvalue weighted by molar-refractivity contribution is 5.78. The first-order chi connectivity index (χ1) is 7.33. The number of fused-ring (bicyclic) bond motifs is 1. The molecule has 1 nitrogen and oxygen atoms in total. The lowest BCUT2D eigenvalue weighted by Gasteiger charge is -1.82. The van der Waals surface area contributed by atoms with E-state index in [-0.39, 0.29) is 0 Å². The largest absolute Gasteiger partial charge is 0.456 e. The number of allylic oxidation sites excluding steroid dienone is 1. The van der Waals surface area contributed by atoms with Gasteiger partial charge in [-0.15, -0.1) is 0 Å². The van der Waals surface area contributed by atoms with E-state index in [2.05, 4.69) is 13.2 Å². The summed E-state index contributed by atoms with van der Waals surface area (Å²) in [6.07, 6.45) is 3.52. The van der Waals surface area contributed by atoms with Gasteiger partial charge in [0.1, 0.15) is 11.0 Å². The van der Waals surface area contributed by atoms with Gasteiger partial charge in [-0.25, -0.2) is 0 Å². The molecule has 0 radical (unpaired) electrons. The highest BCUT2D eigenvalue weighted by Crippen LogP contribution is 2.05. The second-order valence-electron chi connectivity index (χ2n) is 2.84. The van der Waals surface area contributed by atoms with Crippen molar-refractivity contribution in [2.24, 2.45) is 0 Å². The van der Waals surface area contributed by atoms with Crippen LogP contribution in [-0.2, 0) is 0 Å². The Morgan fingerprint density at radius 1 is 1.20 bits per heavy atom. The topological polar surface area (TPSA) is 13.1 Å². The molecule has 78 valence electrons. The van der Waals surface area contributed by atoms with E-state index in [0.29, 0.717) is 0 Å². The molecular formula is C14H16O. The number of hydrogen-bond donors (Lipinski definition) is 0. The van der Waals surface area contributed by atoms with Gasteiger partial charge in [-0.3, -0.25) is 0 Å². The first-order valence-electron chi connectivity index (χ1n) is 5.12.